The predicted molar refractivity (Wildman–Crippen MR) is 112 cm³/mol. The van der Waals surface area contributed by atoms with Crippen molar-refractivity contribution in [2.24, 2.45) is 0 Å². The summed E-state index contributed by atoms with van der Waals surface area (Å²) >= 11 is 0. The van der Waals surface area contributed by atoms with Gasteiger partial charge in [0.05, 0.1) is 11.7 Å². The second-order valence-electron chi connectivity index (χ2n) is 7.53. The van der Waals surface area contributed by atoms with Crippen LogP contribution in [0.15, 0.2) is 73.1 Å². The number of H-pyrrole nitrogens is 2. The first kappa shape index (κ1) is 18.0. The maximum atomic E-state index is 12.6. The molecule has 1 atom stereocenters. The molecule has 0 radical (unpaired) electrons. The van der Waals surface area contributed by atoms with Gasteiger partial charge in [0.2, 0.25) is 5.91 Å². The van der Waals surface area contributed by atoms with Crippen molar-refractivity contribution in [1.29, 1.82) is 0 Å². The summed E-state index contributed by atoms with van der Waals surface area (Å²) in [5.41, 5.74) is 4.04. The normalized spacial score (nSPS) is 13.3. The summed E-state index contributed by atoms with van der Waals surface area (Å²) < 4.78 is 0. The highest BCUT2D eigenvalue weighted by Gasteiger charge is 2.28. The van der Waals surface area contributed by atoms with E-state index in [2.05, 4.69) is 57.8 Å². The third-order valence-corrected chi connectivity index (χ3v) is 5.31. The van der Waals surface area contributed by atoms with E-state index in [4.69, 9.17) is 0 Å². The van der Waals surface area contributed by atoms with Gasteiger partial charge < -0.3 is 10.3 Å². The first-order valence-electron chi connectivity index (χ1n) is 9.53. The van der Waals surface area contributed by atoms with Crippen LogP contribution in [0.5, 0.6) is 0 Å². The molecule has 1 amide bonds. The van der Waals surface area contributed by atoms with Crippen molar-refractivity contribution in [3.63, 3.8) is 0 Å². The largest absolute Gasteiger partial charge is 0.365 e. The molecule has 2 aromatic carbocycles. The molecule has 0 saturated carbocycles. The molecule has 28 heavy (non-hydrogen) atoms. The minimum atomic E-state index is -0.142. The third-order valence-electron chi connectivity index (χ3n) is 5.31. The Kier molecular flexibility index (Phi) is 4.98. The van der Waals surface area contributed by atoms with Crippen LogP contribution in [0, 0.1) is 0 Å². The van der Waals surface area contributed by atoms with Gasteiger partial charge in [0, 0.05) is 34.8 Å². The van der Waals surface area contributed by atoms with Crippen molar-refractivity contribution in [2.75, 3.05) is 5.32 Å². The molecule has 2 heterocycles. The Balaban J connectivity index is 1.45. The van der Waals surface area contributed by atoms with Gasteiger partial charge in [0.1, 0.15) is 0 Å². The summed E-state index contributed by atoms with van der Waals surface area (Å²) in [6.45, 7) is 2.22. The summed E-state index contributed by atoms with van der Waals surface area (Å²) in [6.07, 6.45) is 5.78. The van der Waals surface area contributed by atoms with Crippen LogP contribution < -0.4 is 5.32 Å². The summed E-state index contributed by atoms with van der Waals surface area (Å²) in [4.78, 5) is 16.0. The molecule has 1 unspecified atom stereocenters. The highest BCUT2D eigenvalue weighted by atomic mass is 16.1. The lowest BCUT2D eigenvalue weighted by molar-refractivity contribution is -0.116. The maximum absolute atomic E-state index is 12.6. The number of rotatable bonds is 7. The fourth-order valence-electron chi connectivity index (χ4n) is 3.70. The van der Waals surface area contributed by atoms with Crippen molar-refractivity contribution in [3.05, 3.63) is 84.3 Å². The summed E-state index contributed by atoms with van der Waals surface area (Å²) in [7, 11) is 0. The van der Waals surface area contributed by atoms with E-state index >= 15 is 0 Å². The minimum absolute atomic E-state index is 0.0219. The molecule has 0 aliphatic heterocycles. The van der Waals surface area contributed by atoms with E-state index in [0.717, 1.165) is 35.1 Å². The van der Waals surface area contributed by atoms with Crippen molar-refractivity contribution >= 4 is 22.5 Å². The van der Waals surface area contributed by atoms with E-state index in [1.165, 1.54) is 5.56 Å². The lowest BCUT2D eigenvalue weighted by Gasteiger charge is -2.29. The highest BCUT2D eigenvalue weighted by Crippen LogP contribution is 2.32. The highest BCUT2D eigenvalue weighted by molar-refractivity contribution is 5.93. The molecule has 142 valence electrons. The van der Waals surface area contributed by atoms with Gasteiger partial charge in [-0.1, -0.05) is 37.3 Å². The average Bonchev–Trinajstić information content (AvgIpc) is 3.39. The lowest BCUT2D eigenvalue weighted by Crippen LogP contribution is -2.27. The number of fused-ring (bicyclic) bond motifs is 1. The molecule has 4 aromatic rings. The molecule has 5 heteroatoms. The fourth-order valence-corrected chi connectivity index (χ4v) is 3.70. The fraction of sp³-hybridized carbons (Fsp3) is 0.217. The Bertz CT molecular complexity index is 1050. The van der Waals surface area contributed by atoms with Gasteiger partial charge >= 0.3 is 0 Å². The second kappa shape index (κ2) is 7.72. The number of hydrogen-bond donors (Lipinski definition) is 3. The SMILES string of the molecule is CC(CCC(=O)Nc1ccc2[nH]ncc2c1)(Cc1ccccc1)c1ccc[nH]1. The summed E-state index contributed by atoms with van der Waals surface area (Å²) in [5.74, 6) is 0.0219. The van der Waals surface area contributed by atoms with Crippen LogP contribution in [0.2, 0.25) is 0 Å². The molecule has 3 N–H and O–H groups in total. The summed E-state index contributed by atoms with van der Waals surface area (Å²) in [6, 6.07) is 20.3. The van der Waals surface area contributed by atoms with Crippen LogP contribution in [-0.4, -0.2) is 21.1 Å². The molecular formula is C23H24N4O. The number of nitrogens with zero attached hydrogens (tertiary/aromatic N) is 1. The second-order valence-corrected chi connectivity index (χ2v) is 7.53. The average molecular weight is 372 g/mol. The molecule has 0 aliphatic rings. The predicted octanol–water partition coefficient (Wildman–Crippen LogP) is 4.81. The van der Waals surface area contributed by atoms with E-state index < -0.39 is 0 Å². The monoisotopic (exact) mass is 372 g/mol. The quantitative estimate of drug-likeness (QED) is 0.435. The van der Waals surface area contributed by atoms with Gasteiger partial charge in [-0.2, -0.15) is 5.10 Å². The van der Waals surface area contributed by atoms with E-state index in [1.54, 1.807) is 6.20 Å². The van der Waals surface area contributed by atoms with Crippen LogP contribution in [0.3, 0.4) is 0 Å². The van der Waals surface area contributed by atoms with Gasteiger partial charge in [-0.05, 0) is 48.7 Å². The molecule has 0 saturated heterocycles. The topological polar surface area (TPSA) is 73.6 Å². The van der Waals surface area contributed by atoms with E-state index in [1.807, 2.05) is 36.5 Å². The first-order valence-corrected chi connectivity index (χ1v) is 9.53. The zero-order valence-corrected chi connectivity index (χ0v) is 15.9. The molecule has 0 aliphatic carbocycles. The number of hydrogen-bond acceptors (Lipinski definition) is 2. The number of amides is 1. The number of carbonyl (C=O) groups excluding carboxylic acids is 1. The van der Waals surface area contributed by atoms with Crippen LogP contribution in [0.25, 0.3) is 10.9 Å². The summed E-state index contributed by atoms with van der Waals surface area (Å²) in [5, 5.41) is 10.9. The maximum Gasteiger partial charge on any atom is 0.224 e. The Morgan fingerprint density at radius 1 is 1.11 bits per heavy atom. The molecule has 2 aromatic heterocycles. The van der Waals surface area contributed by atoms with Gasteiger partial charge in [-0.3, -0.25) is 9.89 Å². The van der Waals surface area contributed by atoms with Gasteiger partial charge in [0.25, 0.3) is 0 Å². The Labute approximate surface area is 164 Å². The number of aromatic amines is 2. The third kappa shape index (κ3) is 3.98. The molecule has 0 bridgehead atoms. The van der Waals surface area contributed by atoms with Crippen LogP contribution in [0.1, 0.15) is 31.0 Å². The van der Waals surface area contributed by atoms with E-state index in [-0.39, 0.29) is 11.3 Å². The Hall–Kier alpha value is -3.34. The van der Waals surface area contributed by atoms with Crippen molar-refractivity contribution < 1.29 is 4.79 Å². The van der Waals surface area contributed by atoms with Crippen LogP contribution in [-0.2, 0) is 16.6 Å². The van der Waals surface area contributed by atoms with Crippen molar-refractivity contribution in [1.82, 2.24) is 15.2 Å². The minimum Gasteiger partial charge on any atom is -0.365 e. The number of aromatic nitrogens is 3. The van der Waals surface area contributed by atoms with Gasteiger partial charge in [-0.15, -0.1) is 0 Å². The zero-order chi connectivity index (χ0) is 19.4. The molecule has 5 nitrogen and oxygen atoms in total. The number of benzene rings is 2. The molecule has 0 fully saturated rings. The van der Waals surface area contributed by atoms with Crippen molar-refractivity contribution in [3.8, 4) is 0 Å². The van der Waals surface area contributed by atoms with E-state index in [0.29, 0.717) is 6.42 Å². The van der Waals surface area contributed by atoms with Crippen molar-refractivity contribution in [2.45, 2.75) is 31.6 Å². The molecule has 0 spiro atoms. The standard InChI is InChI=1S/C23H24N4O/c1-23(21-8-5-13-24-21,15-17-6-3-2-4-7-17)12-11-22(28)26-19-9-10-20-18(14-19)16-25-27-20/h2-10,13-14,16,24H,11-12,15H2,1H3,(H,25,27)(H,26,28). The Morgan fingerprint density at radius 2 is 1.96 bits per heavy atom. The molecular weight excluding hydrogens is 348 g/mol. The zero-order valence-electron chi connectivity index (χ0n) is 15.9. The Morgan fingerprint density at radius 3 is 2.75 bits per heavy atom. The smallest absolute Gasteiger partial charge is 0.224 e. The number of nitrogens with one attached hydrogen (secondary N) is 3. The number of carbonyl (C=O) groups is 1. The number of anilines is 1. The first-order chi connectivity index (χ1) is 13.6. The molecule has 4 rings (SSSR count). The van der Waals surface area contributed by atoms with Crippen LogP contribution in [0.4, 0.5) is 5.69 Å². The van der Waals surface area contributed by atoms with Crippen LogP contribution >= 0.6 is 0 Å². The van der Waals surface area contributed by atoms with Gasteiger partial charge in [-0.25, -0.2) is 0 Å². The van der Waals surface area contributed by atoms with Gasteiger partial charge in [0.15, 0.2) is 0 Å². The lowest BCUT2D eigenvalue weighted by atomic mass is 9.77. The van der Waals surface area contributed by atoms with E-state index in [9.17, 15) is 4.79 Å².